The minimum Gasteiger partial charge on any atom is -0.373 e. The fourth-order valence-corrected chi connectivity index (χ4v) is 1.57. The molecule has 0 spiro atoms. The number of amides is 1. The third-order valence-electron chi connectivity index (χ3n) is 2.96. The first kappa shape index (κ1) is 15.4. The van der Waals surface area contributed by atoms with Crippen LogP contribution in [-0.2, 0) is 9.84 Å². The molecule has 0 aliphatic rings. The summed E-state index contributed by atoms with van der Waals surface area (Å²) >= 11 is 0. The van der Waals surface area contributed by atoms with Crippen LogP contribution < -0.4 is 10.6 Å². The molecule has 0 bridgehead atoms. The highest BCUT2D eigenvalue weighted by atomic mass is 32.2. The predicted octanol–water partition coefficient (Wildman–Crippen LogP) is 0.676. The van der Waals surface area contributed by atoms with Gasteiger partial charge in [-0.3, -0.25) is 4.79 Å². The minimum atomic E-state index is -3.23. The summed E-state index contributed by atoms with van der Waals surface area (Å²) in [6, 6.07) is 3.17. The predicted molar refractivity (Wildman–Crippen MR) is 75.0 cm³/mol. The molecule has 1 aromatic heterocycles. The maximum Gasteiger partial charge on any atom is 0.251 e. The molecule has 106 valence electrons. The summed E-state index contributed by atoms with van der Waals surface area (Å²) < 4.78 is 22.1. The van der Waals surface area contributed by atoms with Gasteiger partial charge in [0.25, 0.3) is 5.91 Å². The van der Waals surface area contributed by atoms with Crippen LogP contribution in [0.3, 0.4) is 0 Å². The van der Waals surface area contributed by atoms with E-state index < -0.39 is 14.6 Å². The maximum absolute atomic E-state index is 11.9. The van der Waals surface area contributed by atoms with Crippen molar-refractivity contribution in [2.24, 2.45) is 0 Å². The van der Waals surface area contributed by atoms with E-state index in [0.29, 0.717) is 11.4 Å². The number of hydrogen-bond donors (Lipinski definition) is 2. The highest BCUT2D eigenvalue weighted by Gasteiger charge is 2.30. The van der Waals surface area contributed by atoms with Crippen LogP contribution in [0.4, 0.5) is 5.82 Å². The lowest BCUT2D eigenvalue weighted by Gasteiger charge is -2.22. The fourth-order valence-electron chi connectivity index (χ4n) is 1.23. The van der Waals surface area contributed by atoms with Gasteiger partial charge in [-0.25, -0.2) is 13.4 Å². The van der Waals surface area contributed by atoms with Crippen LogP contribution in [0.2, 0.25) is 0 Å². The van der Waals surface area contributed by atoms with E-state index in [9.17, 15) is 13.2 Å². The third-order valence-corrected chi connectivity index (χ3v) is 5.11. The second-order valence-corrected chi connectivity index (χ2v) is 7.54. The molecule has 1 heterocycles. The van der Waals surface area contributed by atoms with Crippen LogP contribution in [0.15, 0.2) is 18.3 Å². The van der Waals surface area contributed by atoms with Crippen molar-refractivity contribution in [2.75, 3.05) is 25.2 Å². The molecular formula is C12H19N3O3S. The molecule has 0 atom stereocenters. The number of sulfone groups is 1. The Bertz CT molecular complexity index is 567. The lowest BCUT2D eigenvalue weighted by Crippen LogP contribution is -2.43. The quantitative estimate of drug-likeness (QED) is 0.830. The monoisotopic (exact) mass is 285 g/mol. The number of carbonyl (C=O) groups excluding carboxylic acids is 1. The number of anilines is 1. The van der Waals surface area contributed by atoms with Crippen molar-refractivity contribution in [2.45, 2.75) is 18.6 Å². The summed E-state index contributed by atoms with van der Waals surface area (Å²) in [5.74, 6) is 0.255. The van der Waals surface area contributed by atoms with Crippen molar-refractivity contribution in [3.8, 4) is 0 Å². The van der Waals surface area contributed by atoms with Crippen LogP contribution in [0.1, 0.15) is 24.2 Å². The molecule has 0 saturated carbocycles. The first-order valence-corrected chi connectivity index (χ1v) is 7.68. The Balaban J connectivity index is 2.76. The SMILES string of the molecule is CNc1cc(C(=O)NCC(C)(C)S(C)(=O)=O)ccn1. The average Bonchev–Trinajstić information content (AvgIpc) is 2.34. The molecule has 1 aromatic rings. The number of hydrogen-bond acceptors (Lipinski definition) is 5. The topological polar surface area (TPSA) is 88.2 Å². The van der Waals surface area contributed by atoms with Crippen molar-refractivity contribution in [1.29, 1.82) is 0 Å². The molecule has 7 heteroatoms. The molecule has 6 nitrogen and oxygen atoms in total. The molecule has 0 aromatic carbocycles. The number of rotatable bonds is 5. The number of carbonyl (C=O) groups is 1. The standard InChI is InChI=1S/C12H19N3O3S/c1-12(2,19(4,17)18)8-15-11(16)9-5-6-14-10(7-9)13-3/h5-7H,8H2,1-4H3,(H,13,14)(H,15,16). The Morgan fingerprint density at radius 2 is 2.05 bits per heavy atom. The van der Waals surface area contributed by atoms with Gasteiger partial charge in [0.2, 0.25) is 0 Å². The van der Waals surface area contributed by atoms with Crippen LogP contribution >= 0.6 is 0 Å². The van der Waals surface area contributed by atoms with E-state index in [2.05, 4.69) is 15.6 Å². The normalized spacial score (nSPS) is 12.0. The number of nitrogens with one attached hydrogen (secondary N) is 2. The molecule has 1 amide bonds. The molecule has 0 aliphatic carbocycles. The van der Waals surface area contributed by atoms with E-state index >= 15 is 0 Å². The fraction of sp³-hybridized carbons (Fsp3) is 0.500. The van der Waals surface area contributed by atoms with Gasteiger partial charge in [0, 0.05) is 31.6 Å². The molecule has 0 fully saturated rings. The molecule has 0 radical (unpaired) electrons. The molecule has 0 saturated heterocycles. The summed E-state index contributed by atoms with van der Waals surface area (Å²) in [5.41, 5.74) is 0.434. The van der Waals surface area contributed by atoms with Gasteiger partial charge in [-0.2, -0.15) is 0 Å². The van der Waals surface area contributed by atoms with Gasteiger partial charge in [0.05, 0.1) is 4.75 Å². The van der Waals surface area contributed by atoms with E-state index in [1.54, 1.807) is 33.0 Å². The summed E-state index contributed by atoms with van der Waals surface area (Å²) in [6.07, 6.45) is 2.67. The van der Waals surface area contributed by atoms with Crippen molar-refractivity contribution in [3.05, 3.63) is 23.9 Å². The van der Waals surface area contributed by atoms with Crippen molar-refractivity contribution in [3.63, 3.8) is 0 Å². The van der Waals surface area contributed by atoms with E-state index in [1.165, 1.54) is 6.20 Å². The molecular weight excluding hydrogens is 266 g/mol. The number of aromatic nitrogens is 1. The van der Waals surface area contributed by atoms with Crippen LogP contribution in [-0.4, -0.2) is 43.9 Å². The van der Waals surface area contributed by atoms with Gasteiger partial charge in [0.1, 0.15) is 5.82 Å². The summed E-state index contributed by atoms with van der Waals surface area (Å²) in [4.78, 5) is 15.9. The van der Waals surface area contributed by atoms with E-state index in [-0.39, 0.29) is 12.5 Å². The molecule has 1 rings (SSSR count). The van der Waals surface area contributed by atoms with Crippen molar-refractivity contribution < 1.29 is 13.2 Å². The molecule has 19 heavy (non-hydrogen) atoms. The molecule has 0 aliphatic heterocycles. The van der Waals surface area contributed by atoms with Crippen molar-refractivity contribution in [1.82, 2.24) is 10.3 Å². The zero-order valence-electron chi connectivity index (χ0n) is 11.5. The van der Waals surface area contributed by atoms with Gasteiger partial charge < -0.3 is 10.6 Å². The van der Waals surface area contributed by atoms with Gasteiger partial charge in [0.15, 0.2) is 9.84 Å². The van der Waals surface area contributed by atoms with E-state index in [4.69, 9.17) is 0 Å². The van der Waals surface area contributed by atoms with Gasteiger partial charge in [-0.15, -0.1) is 0 Å². The van der Waals surface area contributed by atoms with Gasteiger partial charge >= 0.3 is 0 Å². The first-order chi connectivity index (χ1) is 8.67. The van der Waals surface area contributed by atoms with E-state index in [1.807, 2.05) is 0 Å². The Labute approximate surface area is 113 Å². The summed E-state index contributed by atoms with van der Waals surface area (Å²) in [7, 11) is -1.53. The summed E-state index contributed by atoms with van der Waals surface area (Å²) in [5, 5.41) is 5.46. The van der Waals surface area contributed by atoms with E-state index in [0.717, 1.165) is 6.26 Å². The lowest BCUT2D eigenvalue weighted by molar-refractivity contribution is 0.0950. The second kappa shape index (κ2) is 5.56. The Morgan fingerprint density at radius 1 is 1.42 bits per heavy atom. The number of pyridine rings is 1. The third kappa shape index (κ3) is 3.92. The Hall–Kier alpha value is -1.63. The lowest BCUT2D eigenvalue weighted by atomic mass is 10.2. The average molecular weight is 285 g/mol. The zero-order valence-corrected chi connectivity index (χ0v) is 12.3. The first-order valence-electron chi connectivity index (χ1n) is 5.79. The highest BCUT2D eigenvalue weighted by molar-refractivity contribution is 7.92. The zero-order chi connectivity index (χ0) is 14.7. The smallest absolute Gasteiger partial charge is 0.251 e. The van der Waals surface area contributed by atoms with Gasteiger partial charge in [-0.1, -0.05) is 0 Å². The Morgan fingerprint density at radius 3 is 2.58 bits per heavy atom. The second-order valence-electron chi connectivity index (χ2n) is 4.89. The maximum atomic E-state index is 11.9. The molecule has 2 N–H and O–H groups in total. The van der Waals surface area contributed by atoms with Crippen molar-refractivity contribution >= 4 is 21.6 Å². The highest BCUT2D eigenvalue weighted by Crippen LogP contribution is 2.14. The Kier molecular flexibility index (Phi) is 4.52. The van der Waals surface area contributed by atoms with Crippen LogP contribution in [0, 0.1) is 0 Å². The largest absolute Gasteiger partial charge is 0.373 e. The number of nitrogens with zero attached hydrogens (tertiary/aromatic N) is 1. The minimum absolute atomic E-state index is 0.0574. The van der Waals surface area contributed by atoms with Crippen LogP contribution in [0.25, 0.3) is 0 Å². The molecule has 0 unspecified atom stereocenters. The summed E-state index contributed by atoms with van der Waals surface area (Å²) in [6.45, 7) is 3.21. The van der Waals surface area contributed by atoms with Gasteiger partial charge in [-0.05, 0) is 26.0 Å². The van der Waals surface area contributed by atoms with Crippen LogP contribution in [0.5, 0.6) is 0 Å².